The Balaban J connectivity index is 1.62. The Labute approximate surface area is 159 Å². The largest absolute Gasteiger partial charge is 0.358 e. The summed E-state index contributed by atoms with van der Waals surface area (Å²) in [4.78, 5) is 25.8. The van der Waals surface area contributed by atoms with Gasteiger partial charge in [-0.15, -0.1) is 0 Å². The highest BCUT2D eigenvalue weighted by atomic mass is 32.2. The van der Waals surface area contributed by atoms with Gasteiger partial charge in [-0.25, -0.2) is 8.42 Å². The number of benzene rings is 1. The molecule has 0 saturated carbocycles. The molecule has 2 amide bonds. The van der Waals surface area contributed by atoms with E-state index in [1.54, 1.807) is 4.90 Å². The van der Waals surface area contributed by atoms with E-state index in [0.29, 0.717) is 32.4 Å². The van der Waals surface area contributed by atoms with E-state index in [1.165, 1.54) is 7.05 Å². The van der Waals surface area contributed by atoms with Gasteiger partial charge in [0, 0.05) is 44.3 Å². The molecule has 0 bridgehead atoms. The van der Waals surface area contributed by atoms with Crippen LogP contribution >= 0.6 is 0 Å². The van der Waals surface area contributed by atoms with Crippen LogP contribution in [0.2, 0.25) is 0 Å². The number of para-hydroxylation sites is 1. The van der Waals surface area contributed by atoms with Crippen molar-refractivity contribution in [3.05, 3.63) is 36.0 Å². The minimum Gasteiger partial charge on any atom is -0.358 e. The zero-order chi connectivity index (χ0) is 19.6. The van der Waals surface area contributed by atoms with Crippen molar-refractivity contribution in [2.24, 2.45) is 7.05 Å². The number of aryl methyl sites for hydroxylation is 1. The van der Waals surface area contributed by atoms with Gasteiger partial charge >= 0.3 is 0 Å². The minimum absolute atomic E-state index is 0.00787. The second-order valence-corrected chi connectivity index (χ2v) is 9.30. The molecular weight excluding hydrogens is 366 g/mol. The maximum atomic E-state index is 12.7. The molecule has 1 aromatic heterocycles. The highest BCUT2D eigenvalue weighted by molar-refractivity contribution is 7.92. The zero-order valence-corrected chi connectivity index (χ0v) is 16.5. The van der Waals surface area contributed by atoms with E-state index >= 15 is 0 Å². The summed E-state index contributed by atoms with van der Waals surface area (Å²) < 4.78 is 26.6. The number of likely N-dealkylation sites (tertiary alicyclic amines) is 1. The Kier molecular flexibility index (Phi) is 5.55. The average molecular weight is 391 g/mol. The van der Waals surface area contributed by atoms with Crippen molar-refractivity contribution in [1.29, 1.82) is 0 Å². The van der Waals surface area contributed by atoms with Gasteiger partial charge < -0.3 is 14.8 Å². The number of carbonyl (C=O) groups excluding carboxylic acids is 2. The number of nitrogens with zero attached hydrogens (tertiary/aromatic N) is 2. The monoisotopic (exact) mass is 391 g/mol. The first-order chi connectivity index (χ1) is 12.8. The Bertz CT molecular complexity index is 956. The summed E-state index contributed by atoms with van der Waals surface area (Å²) in [5, 5.41) is 2.85. The molecule has 1 aliphatic rings. The summed E-state index contributed by atoms with van der Waals surface area (Å²) in [5.41, 5.74) is 2.06. The first-order valence-corrected chi connectivity index (χ1v) is 10.8. The lowest BCUT2D eigenvalue weighted by molar-refractivity contribution is -0.131. The zero-order valence-electron chi connectivity index (χ0n) is 15.6. The van der Waals surface area contributed by atoms with Crippen molar-refractivity contribution in [3.8, 4) is 0 Å². The second kappa shape index (κ2) is 7.72. The van der Waals surface area contributed by atoms with Gasteiger partial charge in [0.25, 0.3) is 0 Å². The van der Waals surface area contributed by atoms with Crippen LogP contribution in [0.25, 0.3) is 10.9 Å². The first kappa shape index (κ1) is 19.4. The van der Waals surface area contributed by atoms with E-state index in [0.717, 1.165) is 16.5 Å². The molecule has 8 heteroatoms. The summed E-state index contributed by atoms with van der Waals surface area (Å²) in [6.07, 6.45) is 3.03. The van der Waals surface area contributed by atoms with Crippen LogP contribution in [0.3, 0.4) is 0 Å². The molecule has 7 nitrogen and oxygen atoms in total. The van der Waals surface area contributed by atoms with Crippen molar-refractivity contribution in [2.45, 2.75) is 24.5 Å². The van der Waals surface area contributed by atoms with E-state index in [-0.39, 0.29) is 5.91 Å². The van der Waals surface area contributed by atoms with E-state index in [2.05, 4.69) is 5.32 Å². The van der Waals surface area contributed by atoms with E-state index in [1.807, 2.05) is 42.1 Å². The molecule has 0 aliphatic carbocycles. The fraction of sp³-hybridized carbons (Fsp3) is 0.474. The number of aromatic nitrogens is 1. The number of carbonyl (C=O) groups is 2. The second-order valence-electron chi connectivity index (χ2n) is 7.02. The first-order valence-electron chi connectivity index (χ1n) is 9.04. The fourth-order valence-electron chi connectivity index (χ4n) is 3.68. The molecule has 0 radical (unpaired) electrons. The molecule has 2 heterocycles. The van der Waals surface area contributed by atoms with Gasteiger partial charge in [0.1, 0.15) is 5.75 Å². The minimum atomic E-state index is -3.48. The average Bonchev–Trinajstić information content (AvgIpc) is 2.97. The van der Waals surface area contributed by atoms with Crippen molar-refractivity contribution in [1.82, 2.24) is 14.8 Å². The molecule has 27 heavy (non-hydrogen) atoms. The number of fused-ring (bicyclic) bond motifs is 1. The van der Waals surface area contributed by atoms with Crippen molar-refractivity contribution in [3.63, 3.8) is 0 Å². The Morgan fingerprint density at radius 1 is 1.19 bits per heavy atom. The molecule has 1 saturated heterocycles. The lowest BCUT2D eigenvalue weighted by Crippen LogP contribution is -2.44. The quantitative estimate of drug-likeness (QED) is 0.819. The summed E-state index contributed by atoms with van der Waals surface area (Å²) >= 11 is 0. The Morgan fingerprint density at radius 3 is 2.52 bits per heavy atom. The molecule has 2 aromatic rings. The van der Waals surface area contributed by atoms with Gasteiger partial charge in [0.15, 0.2) is 9.84 Å². The van der Waals surface area contributed by atoms with Gasteiger partial charge in [0.05, 0.1) is 11.7 Å². The number of hydrogen-bond donors (Lipinski definition) is 1. The van der Waals surface area contributed by atoms with Crippen molar-refractivity contribution < 1.29 is 18.0 Å². The van der Waals surface area contributed by atoms with Crippen LogP contribution in [0, 0.1) is 0 Å². The SMILES string of the molecule is CNC(=O)CS(=O)(=O)C1CCN(C(=O)Cc2cn(C)c3ccccc23)CC1. The summed E-state index contributed by atoms with van der Waals surface area (Å²) in [6, 6.07) is 7.96. The third-order valence-electron chi connectivity index (χ3n) is 5.23. The third-order valence-corrected chi connectivity index (χ3v) is 7.39. The van der Waals surface area contributed by atoms with Crippen LogP contribution in [0.15, 0.2) is 30.5 Å². The molecule has 1 N–H and O–H groups in total. The number of sulfone groups is 1. The smallest absolute Gasteiger partial charge is 0.234 e. The Hall–Kier alpha value is -2.35. The van der Waals surface area contributed by atoms with Crippen molar-refractivity contribution in [2.75, 3.05) is 25.9 Å². The number of nitrogens with one attached hydrogen (secondary N) is 1. The molecule has 146 valence electrons. The normalized spacial score (nSPS) is 15.9. The molecule has 1 aliphatic heterocycles. The van der Waals surface area contributed by atoms with Gasteiger partial charge in [-0.1, -0.05) is 18.2 Å². The number of hydrogen-bond acceptors (Lipinski definition) is 4. The summed E-state index contributed by atoms with van der Waals surface area (Å²) in [6.45, 7) is 0.808. The topological polar surface area (TPSA) is 88.5 Å². The van der Waals surface area contributed by atoms with Gasteiger partial charge in [-0.2, -0.15) is 0 Å². The maximum absolute atomic E-state index is 12.7. The summed E-state index contributed by atoms with van der Waals surface area (Å²) in [5.74, 6) is -0.976. The van der Waals surface area contributed by atoms with E-state index in [9.17, 15) is 18.0 Å². The molecule has 1 fully saturated rings. The van der Waals surface area contributed by atoms with E-state index < -0.39 is 26.7 Å². The highest BCUT2D eigenvalue weighted by Gasteiger charge is 2.32. The number of rotatable bonds is 5. The molecular formula is C19H25N3O4S. The van der Waals surface area contributed by atoms with Crippen LogP contribution in [-0.2, 0) is 32.9 Å². The summed E-state index contributed by atoms with van der Waals surface area (Å²) in [7, 11) is -0.101. The lowest BCUT2D eigenvalue weighted by atomic mass is 10.1. The lowest BCUT2D eigenvalue weighted by Gasteiger charge is -2.31. The van der Waals surface area contributed by atoms with Crippen LogP contribution in [-0.4, -0.2) is 60.8 Å². The molecule has 0 atom stereocenters. The predicted molar refractivity (Wildman–Crippen MR) is 104 cm³/mol. The third kappa shape index (κ3) is 4.16. The van der Waals surface area contributed by atoms with Gasteiger partial charge in [0.2, 0.25) is 11.8 Å². The molecule has 0 spiro atoms. The van der Waals surface area contributed by atoms with Crippen molar-refractivity contribution >= 4 is 32.6 Å². The molecule has 0 unspecified atom stereocenters. The standard InChI is InChI=1S/C19H25N3O4S/c1-20-18(23)13-27(25,26)15-7-9-22(10-8-15)19(24)11-14-12-21(2)17-6-4-3-5-16(14)17/h3-6,12,15H,7-11,13H2,1-2H3,(H,20,23). The Morgan fingerprint density at radius 2 is 1.85 bits per heavy atom. The van der Waals surface area contributed by atoms with Crippen LogP contribution in [0.4, 0.5) is 0 Å². The van der Waals surface area contributed by atoms with Gasteiger partial charge in [-0.3, -0.25) is 9.59 Å². The predicted octanol–water partition coefficient (Wildman–Crippen LogP) is 0.873. The van der Waals surface area contributed by atoms with Crippen LogP contribution in [0.5, 0.6) is 0 Å². The fourth-order valence-corrected chi connectivity index (χ4v) is 5.35. The number of amides is 2. The number of piperidine rings is 1. The van der Waals surface area contributed by atoms with Crippen LogP contribution < -0.4 is 5.32 Å². The van der Waals surface area contributed by atoms with E-state index in [4.69, 9.17) is 0 Å². The molecule has 3 rings (SSSR count). The van der Waals surface area contributed by atoms with Gasteiger partial charge in [-0.05, 0) is 24.5 Å². The van der Waals surface area contributed by atoms with Crippen LogP contribution in [0.1, 0.15) is 18.4 Å². The highest BCUT2D eigenvalue weighted by Crippen LogP contribution is 2.23. The maximum Gasteiger partial charge on any atom is 0.234 e. The molecule has 1 aromatic carbocycles.